The van der Waals surface area contributed by atoms with Gasteiger partial charge in [0, 0.05) is 17.5 Å². The molecule has 1 aromatic rings. The maximum atomic E-state index is 13.5. The van der Waals surface area contributed by atoms with Gasteiger partial charge in [0.25, 0.3) is 0 Å². The van der Waals surface area contributed by atoms with Gasteiger partial charge in [0.15, 0.2) is 0 Å². The Kier molecular flexibility index (Phi) is 5.25. The van der Waals surface area contributed by atoms with Gasteiger partial charge in [0.05, 0.1) is 6.04 Å². The van der Waals surface area contributed by atoms with Crippen molar-refractivity contribution in [2.75, 3.05) is 0 Å². The van der Waals surface area contributed by atoms with E-state index in [1.54, 1.807) is 6.92 Å². The minimum atomic E-state index is -0.632. The molecule has 0 fully saturated rings. The molecule has 100 valence electrons. The largest absolute Gasteiger partial charge is 0.349 e. The Balaban J connectivity index is 2.76. The molecule has 0 spiro atoms. The Labute approximate surface area is 106 Å². The molecule has 2 nitrogen and oxygen atoms in total. The number of halogens is 2. The van der Waals surface area contributed by atoms with Gasteiger partial charge >= 0.3 is 0 Å². The molecule has 4 heteroatoms. The van der Waals surface area contributed by atoms with Crippen molar-refractivity contribution in [1.82, 2.24) is 5.32 Å². The predicted molar refractivity (Wildman–Crippen MR) is 67.0 cm³/mol. The molecule has 1 amide bonds. The minimum absolute atomic E-state index is 0.0593. The van der Waals surface area contributed by atoms with E-state index < -0.39 is 17.7 Å². The van der Waals surface area contributed by atoms with Crippen LogP contribution in [0.2, 0.25) is 0 Å². The molecule has 1 aromatic carbocycles. The summed E-state index contributed by atoms with van der Waals surface area (Å²) in [6.07, 6.45) is 1.50. The summed E-state index contributed by atoms with van der Waals surface area (Å²) in [6, 6.07) is 2.93. The minimum Gasteiger partial charge on any atom is -0.349 e. The van der Waals surface area contributed by atoms with Gasteiger partial charge < -0.3 is 5.32 Å². The second-order valence-corrected chi connectivity index (χ2v) is 4.41. The Hall–Kier alpha value is -1.45. The van der Waals surface area contributed by atoms with Gasteiger partial charge in [0.2, 0.25) is 5.91 Å². The lowest BCUT2D eigenvalue weighted by molar-refractivity contribution is -0.125. The summed E-state index contributed by atoms with van der Waals surface area (Å²) in [5.41, 5.74) is 0.302. The molecule has 0 bridgehead atoms. The summed E-state index contributed by atoms with van der Waals surface area (Å²) >= 11 is 0. The second-order valence-electron chi connectivity index (χ2n) is 4.41. The average Bonchev–Trinajstić information content (AvgIpc) is 2.30. The molecule has 18 heavy (non-hydrogen) atoms. The normalized spacial score (nSPS) is 12.6. The molecule has 0 aromatic heterocycles. The molecule has 0 aliphatic rings. The number of carbonyl (C=O) groups is 1. The van der Waals surface area contributed by atoms with E-state index in [1.165, 1.54) is 12.1 Å². The van der Waals surface area contributed by atoms with Crippen molar-refractivity contribution in [3.8, 4) is 0 Å². The van der Waals surface area contributed by atoms with Crippen LogP contribution in [0.5, 0.6) is 0 Å². The van der Waals surface area contributed by atoms with E-state index >= 15 is 0 Å². The zero-order valence-electron chi connectivity index (χ0n) is 11.0. The van der Waals surface area contributed by atoms with E-state index in [0.29, 0.717) is 5.56 Å². The molecule has 1 unspecified atom stereocenters. The Morgan fingerprint density at radius 2 is 1.89 bits per heavy atom. The third-order valence-electron chi connectivity index (χ3n) is 3.14. The monoisotopic (exact) mass is 255 g/mol. The first-order valence-electron chi connectivity index (χ1n) is 6.24. The highest BCUT2D eigenvalue weighted by atomic mass is 19.1. The quantitative estimate of drug-likeness (QED) is 0.856. The van der Waals surface area contributed by atoms with Crippen LogP contribution in [-0.2, 0) is 4.79 Å². The van der Waals surface area contributed by atoms with E-state index in [1.807, 2.05) is 13.8 Å². The van der Waals surface area contributed by atoms with E-state index in [9.17, 15) is 13.6 Å². The van der Waals surface area contributed by atoms with Gasteiger partial charge in [-0.3, -0.25) is 4.79 Å². The maximum Gasteiger partial charge on any atom is 0.223 e. The lowest BCUT2D eigenvalue weighted by atomic mass is 10.0. The summed E-state index contributed by atoms with van der Waals surface area (Å²) in [5.74, 6) is -1.39. The Morgan fingerprint density at radius 1 is 1.28 bits per heavy atom. The first-order chi connectivity index (χ1) is 8.49. The molecular formula is C14H19F2NO. The standard InChI is InChI=1S/C14H19F2NO/c1-4-10(5-2)14(18)17-9(3)12-7-6-11(15)8-13(12)16/h6-10H,4-5H2,1-3H3,(H,17,18). The van der Waals surface area contributed by atoms with E-state index in [-0.39, 0.29) is 11.8 Å². The SMILES string of the molecule is CCC(CC)C(=O)NC(C)c1ccc(F)cc1F. The number of benzene rings is 1. The zero-order valence-corrected chi connectivity index (χ0v) is 11.0. The summed E-state index contributed by atoms with van der Waals surface area (Å²) in [4.78, 5) is 11.9. The zero-order chi connectivity index (χ0) is 13.7. The maximum absolute atomic E-state index is 13.5. The third kappa shape index (κ3) is 3.52. The van der Waals surface area contributed by atoms with Crippen molar-refractivity contribution in [3.63, 3.8) is 0 Å². The van der Waals surface area contributed by atoms with Crippen LogP contribution in [0.25, 0.3) is 0 Å². The van der Waals surface area contributed by atoms with Crippen LogP contribution < -0.4 is 5.32 Å². The first kappa shape index (κ1) is 14.6. The van der Waals surface area contributed by atoms with Gasteiger partial charge in [-0.2, -0.15) is 0 Å². The average molecular weight is 255 g/mol. The molecule has 0 radical (unpaired) electrons. The Morgan fingerprint density at radius 3 is 2.39 bits per heavy atom. The van der Waals surface area contributed by atoms with Gasteiger partial charge in [-0.15, -0.1) is 0 Å². The molecule has 1 N–H and O–H groups in total. The lowest BCUT2D eigenvalue weighted by Gasteiger charge is -2.19. The molecule has 1 atom stereocenters. The number of nitrogens with one attached hydrogen (secondary N) is 1. The second kappa shape index (κ2) is 6.47. The third-order valence-corrected chi connectivity index (χ3v) is 3.14. The summed E-state index contributed by atoms with van der Waals surface area (Å²) in [7, 11) is 0. The Bertz CT molecular complexity index is 416. The summed E-state index contributed by atoms with van der Waals surface area (Å²) in [5, 5.41) is 2.76. The van der Waals surface area contributed by atoms with Crippen molar-refractivity contribution in [1.29, 1.82) is 0 Å². The number of carbonyl (C=O) groups excluding carboxylic acids is 1. The van der Waals surface area contributed by atoms with Crippen molar-refractivity contribution in [2.24, 2.45) is 5.92 Å². The van der Waals surface area contributed by atoms with Crippen LogP contribution in [0.15, 0.2) is 18.2 Å². The lowest BCUT2D eigenvalue weighted by Crippen LogP contribution is -2.32. The van der Waals surface area contributed by atoms with Crippen molar-refractivity contribution in [2.45, 2.75) is 39.7 Å². The van der Waals surface area contributed by atoms with Crippen LogP contribution in [0.1, 0.15) is 45.2 Å². The number of rotatable bonds is 5. The molecule has 0 aliphatic heterocycles. The number of hydrogen-bond acceptors (Lipinski definition) is 1. The molecule has 0 saturated heterocycles. The number of amides is 1. The van der Waals surface area contributed by atoms with E-state index in [2.05, 4.69) is 5.32 Å². The molecule has 0 aliphatic carbocycles. The van der Waals surface area contributed by atoms with Crippen LogP contribution in [0.3, 0.4) is 0 Å². The topological polar surface area (TPSA) is 29.1 Å². The highest BCUT2D eigenvalue weighted by molar-refractivity contribution is 5.78. The van der Waals surface area contributed by atoms with Gasteiger partial charge in [-0.05, 0) is 25.8 Å². The van der Waals surface area contributed by atoms with Gasteiger partial charge in [-0.25, -0.2) is 8.78 Å². The van der Waals surface area contributed by atoms with Crippen LogP contribution in [0.4, 0.5) is 8.78 Å². The molecular weight excluding hydrogens is 236 g/mol. The smallest absolute Gasteiger partial charge is 0.223 e. The van der Waals surface area contributed by atoms with Gasteiger partial charge in [0.1, 0.15) is 11.6 Å². The predicted octanol–water partition coefficient (Wildman–Crippen LogP) is 3.58. The number of hydrogen-bond donors (Lipinski definition) is 1. The fourth-order valence-corrected chi connectivity index (χ4v) is 1.92. The highest BCUT2D eigenvalue weighted by Gasteiger charge is 2.18. The van der Waals surface area contributed by atoms with Crippen LogP contribution >= 0.6 is 0 Å². The fourth-order valence-electron chi connectivity index (χ4n) is 1.92. The highest BCUT2D eigenvalue weighted by Crippen LogP contribution is 2.19. The van der Waals surface area contributed by atoms with E-state index in [4.69, 9.17) is 0 Å². The van der Waals surface area contributed by atoms with E-state index in [0.717, 1.165) is 18.9 Å². The molecule has 0 heterocycles. The van der Waals surface area contributed by atoms with Crippen molar-refractivity contribution < 1.29 is 13.6 Å². The first-order valence-corrected chi connectivity index (χ1v) is 6.24. The van der Waals surface area contributed by atoms with Gasteiger partial charge in [-0.1, -0.05) is 19.9 Å². The summed E-state index contributed by atoms with van der Waals surface area (Å²) < 4.78 is 26.3. The van der Waals surface area contributed by atoms with Crippen molar-refractivity contribution in [3.05, 3.63) is 35.4 Å². The summed E-state index contributed by atoms with van der Waals surface area (Å²) in [6.45, 7) is 5.57. The molecule has 0 saturated carbocycles. The fraction of sp³-hybridized carbons (Fsp3) is 0.500. The molecule has 1 rings (SSSR count). The van der Waals surface area contributed by atoms with Crippen molar-refractivity contribution >= 4 is 5.91 Å². The van der Waals surface area contributed by atoms with Crippen LogP contribution in [0, 0.1) is 17.6 Å². The van der Waals surface area contributed by atoms with Crippen LogP contribution in [-0.4, -0.2) is 5.91 Å².